The smallest absolute Gasteiger partial charge is 0.240 e. The van der Waals surface area contributed by atoms with Crippen molar-refractivity contribution >= 4 is 5.91 Å². The molecule has 0 aliphatic carbocycles. The lowest BCUT2D eigenvalue weighted by Crippen LogP contribution is -2.45. The third-order valence-corrected chi connectivity index (χ3v) is 2.49. The highest BCUT2D eigenvalue weighted by atomic mass is 16.2. The Morgan fingerprint density at radius 2 is 2.46 bits per heavy atom. The van der Waals surface area contributed by atoms with Crippen molar-refractivity contribution < 1.29 is 4.79 Å². The number of likely N-dealkylation sites (N-methyl/N-ethyl adjacent to an activating group) is 1. The van der Waals surface area contributed by atoms with Crippen molar-refractivity contribution in [1.82, 2.24) is 10.2 Å². The van der Waals surface area contributed by atoms with Gasteiger partial charge in [0.2, 0.25) is 5.91 Å². The third kappa shape index (κ3) is 1.99. The fraction of sp³-hybridized carbons (Fsp3) is 0.778. The SMILES string of the molecule is CNC(C)C(=O)N1CCCC1C#N. The molecule has 0 radical (unpaired) electrons. The van der Waals surface area contributed by atoms with Crippen molar-refractivity contribution in [2.24, 2.45) is 0 Å². The molecule has 1 fully saturated rings. The zero-order valence-corrected chi connectivity index (χ0v) is 8.08. The summed E-state index contributed by atoms with van der Waals surface area (Å²) in [5.74, 6) is 0.0338. The minimum absolute atomic E-state index is 0.0338. The van der Waals surface area contributed by atoms with Gasteiger partial charge in [0.05, 0.1) is 12.1 Å². The Balaban J connectivity index is 2.61. The number of hydrogen-bond donors (Lipinski definition) is 1. The maximum atomic E-state index is 11.7. The van der Waals surface area contributed by atoms with Crippen LogP contribution in [0, 0.1) is 11.3 Å². The molecular formula is C9H15N3O. The monoisotopic (exact) mass is 181 g/mol. The molecule has 0 saturated carbocycles. The summed E-state index contributed by atoms with van der Waals surface area (Å²) in [7, 11) is 1.75. The summed E-state index contributed by atoms with van der Waals surface area (Å²) in [6.07, 6.45) is 1.76. The van der Waals surface area contributed by atoms with Crippen LogP contribution in [0.2, 0.25) is 0 Å². The fourth-order valence-corrected chi connectivity index (χ4v) is 1.54. The van der Waals surface area contributed by atoms with E-state index >= 15 is 0 Å². The number of hydrogen-bond acceptors (Lipinski definition) is 3. The third-order valence-electron chi connectivity index (χ3n) is 2.49. The van der Waals surface area contributed by atoms with E-state index in [0.29, 0.717) is 0 Å². The van der Waals surface area contributed by atoms with Gasteiger partial charge in [-0.3, -0.25) is 4.79 Å². The summed E-state index contributed by atoms with van der Waals surface area (Å²) in [5, 5.41) is 11.7. The van der Waals surface area contributed by atoms with Crippen molar-refractivity contribution in [1.29, 1.82) is 5.26 Å². The summed E-state index contributed by atoms with van der Waals surface area (Å²) in [4.78, 5) is 13.3. The molecule has 1 N–H and O–H groups in total. The Hall–Kier alpha value is -1.08. The highest BCUT2D eigenvalue weighted by molar-refractivity contribution is 5.82. The van der Waals surface area contributed by atoms with Crippen molar-refractivity contribution in [3.63, 3.8) is 0 Å². The first kappa shape index (κ1) is 10.0. The zero-order valence-electron chi connectivity index (χ0n) is 8.08. The molecule has 0 aromatic carbocycles. The predicted molar refractivity (Wildman–Crippen MR) is 48.9 cm³/mol. The molecule has 0 spiro atoms. The van der Waals surface area contributed by atoms with Crippen LogP contribution >= 0.6 is 0 Å². The van der Waals surface area contributed by atoms with E-state index in [4.69, 9.17) is 5.26 Å². The first-order chi connectivity index (χ1) is 6.20. The molecule has 1 aliphatic heterocycles. The van der Waals surface area contributed by atoms with Crippen molar-refractivity contribution in [2.45, 2.75) is 31.8 Å². The minimum atomic E-state index is -0.205. The van der Waals surface area contributed by atoms with Gasteiger partial charge in [0.15, 0.2) is 0 Å². The van der Waals surface area contributed by atoms with Crippen LogP contribution in [-0.2, 0) is 4.79 Å². The van der Waals surface area contributed by atoms with Gasteiger partial charge in [-0.15, -0.1) is 0 Å². The van der Waals surface area contributed by atoms with Gasteiger partial charge < -0.3 is 10.2 Å². The van der Waals surface area contributed by atoms with Gasteiger partial charge in [-0.2, -0.15) is 5.26 Å². The van der Waals surface area contributed by atoms with Gasteiger partial charge in [-0.05, 0) is 26.8 Å². The number of nitrogens with one attached hydrogen (secondary N) is 1. The molecule has 1 saturated heterocycles. The lowest BCUT2D eigenvalue weighted by atomic mass is 10.2. The molecule has 0 aromatic heterocycles. The lowest BCUT2D eigenvalue weighted by Gasteiger charge is -2.22. The molecule has 1 aliphatic rings. The summed E-state index contributed by atoms with van der Waals surface area (Å²) < 4.78 is 0. The summed E-state index contributed by atoms with van der Waals surface area (Å²) in [6, 6.07) is 1.76. The fourth-order valence-electron chi connectivity index (χ4n) is 1.54. The van der Waals surface area contributed by atoms with Crippen LogP contribution in [0.5, 0.6) is 0 Å². The molecule has 1 rings (SSSR count). The van der Waals surface area contributed by atoms with E-state index in [1.807, 2.05) is 6.92 Å². The van der Waals surface area contributed by atoms with E-state index < -0.39 is 0 Å². The van der Waals surface area contributed by atoms with E-state index in [0.717, 1.165) is 19.4 Å². The Morgan fingerprint density at radius 1 is 1.77 bits per heavy atom. The Labute approximate surface area is 78.5 Å². The Bertz CT molecular complexity index is 234. The average Bonchev–Trinajstić information content (AvgIpc) is 2.62. The van der Waals surface area contributed by atoms with Crippen LogP contribution in [-0.4, -0.2) is 36.5 Å². The van der Waals surface area contributed by atoms with Crippen LogP contribution in [0.4, 0.5) is 0 Å². The molecule has 4 nitrogen and oxygen atoms in total. The van der Waals surface area contributed by atoms with Gasteiger partial charge in [-0.1, -0.05) is 0 Å². The van der Waals surface area contributed by atoms with E-state index in [9.17, 15) is 4.79 Å². The summed E-state index contributed by atoms with van der Waals surface area (Å²) in [6.45, 7) is 2.54. The summed E-state index contributed by atoms with van der Waals surface area (Å²) >= 11 is 0. The standard InChI is InChI=1S/C9H15N3O/c1-7(11-2)9(13)12-5-3-4-8(12)6-10/h7-8,11H,3-5H2,1-2H3. The van der Waals surface area contributed by atoms with Gasteiger partial charge in [0.1, 0.15) is 6.04 Å². The number of rotatable bonds is 2. The molecule has 2 atom stereocenters. The van der Waals surface area contributed by atoms with Gasteiger partial charge >= 0.3 is 0 Å². The highest BCUT2D eigenvalue weighted by Crippen LogP contribution is 2.17. The molecule has 72 valence electrons. The topological polar surface area (TPSA) is 56.1 Å². The van der Waals surface area contributed by atoms with Crippen LogP contribution in [0.3, 0.4) is 0 Å². The van der Waals surface area contributed by atoms with Gasteiger partial charge in [0.25, 0.3) is 0 Å². The number of nitrogens with zero attached hydrogens (tertiary/aromatic N) is 2. The van der Waals surface area contributed by atoms with E-state index in [1.54, 1.807) is 11.9 Å². The Kier molecular flexibility index (Phi) is 3.26. The average molecular weight is 181 g/mol. The van der Waals surface area contributed by atoms with Crippen molar-refractivity contribution in [3.8, 4) is 6.07 Å². The molecule has 1 heterocycles. The normalized spacial score (nSPS) is 24.1. The molecular weight excluding hydrogens is 166 g/mol. The second-order valence-corrected chi connectivity index (χ2v) is 3.33. The first-order valence-electron chi connectivity index (χ1n) is 4.58. The van der Waals surface area contributed by atoms with Crippen LogP contribution in [0.1, 0.15) is 19.8 Å². The first-order valence-corrected chi connectivity index (χ1v) is 4.58. The largest absolute Gasteiger partial charge is 0.325 e. The minimum Gasteiger partial charge on any atom is -0.325 e. The molecule has 0 aromatic rings. The van der Waals surface area contributed by atoms with E-state index in [1.165, 1.54) is 0 Å². The van der Waals surface area contributed by atoms with E-state index in [-0.39, 0.29) is 18.0 Å². The van der Waals surface area contributed by atoms with Crippen LogP contribution in [0.25, 0.3) is 0 Å². The maximum absolute atomic E-state index is 11.7. The second kappa shape index (κ2) is 4.24. The Morgan fingerprint density at radius 3 is 3.00 bits per heavy atom. The van der Waals surface area contributed by atoms with Gasteiger partial charge in [-0.25, -0.2) is 0 Å². The molecule has 0 bridgehead atoms. The molecule has 1 amide bonds. The molecule has 13 heavy (non-hydrogen) atoms. The highest BCUT2D eigenvalue weighted by Gasteiger charge is 2.30. The van der Waals surface area contributed by atoms with E-state index in [2.05, 4.69) is 11.4 Å². The van der Waals surface area contributed by atoms with Gasteiger partial charge in [0, 0.05) is 6.54 Å². The van der Waals surface area contributed by atoms with Crippen LogP contribution in [0.15, 0.2) is 0 Å². The second-order valence-electron chi connectivity index (χ2n) is 3.33. The number of carbonyl (C=O) groups excluding carboxylic acids is 1. The summed E-state index contributed by atoms with van der Waals surface area (Å²) in [5.41, 5.74) is 0. The quantitative estimate of drug-likeness (QED) is 0.657. The maximum Gasteiger partial charge on any atom is 0.240 e. The molecule has 4 heteroatoms. The number of carbonyl (C=O) groups is 1. The lowest BCUT2D eigenvalue weighted by molar-refractivity contribution is -0.132. The predicted octanol–water partition coefficient (Wildman–Crippen LogP) is 0.109. The van der Waals surface area contributed by atoms with Crippen molar-refractivity contribution in [3.05, 3.63) is 0 Å². The number of likely N-dealkylation sites (tertiary alicyclic amines) is 1. The zero-order chi connectivity index (χ0) is 9.84. The molecule has 2 unspecified atom stereocenters. The van der Waals surface area contributed by atoms with Crippen molar-refractivity contribution in [2.75, 3.05) is 13.6 Å². The van der Waals surface area contributed by atoms with Crippen LogP contribution < -0.4 is 5.32 Å². The number of amides is 1. The number of nitriles is 1.